The molecule has 0 amide bonds. The van der Waals surface area contributed by atoms with E-state index in [4.69, 9.17) is 0 Å². The van der Waals surface area contributed by atoms with E-state index in [1.54, 1.807) is 6.07 Å². The van der Waals surface area contributed by atoms with E-state index in [9.17, 15) is 4.39 Å². The molecule has 0 fully saturated rings. The highest BCUT2D eigenvalue weighted by Gasteiger charge is 2.22. The van der Waals surface area contributed by atoms with Gasteiger partial charge in [-0.3, -0.25) is 4.68 Å². The van der Waals surface area contributed by atoms with Gasteiger partial charge in [0, 0.05) is 12.1 Å². The summed E-state index contributed by atoms with van der Waals surface area (Å²) in [6, 6.07) is 5.44. The average molecular weight is 275 g/mol. The van der Waals surface area contributed by atoms with Gasteiger partial charge in [0.25, 0.3) is 0 Å². The van der Waals surface area contributed by atoms with Gasteiger partial charge in [0.1, 0.15) is 5.82 Å². The van der Waals surface area contributed by atoms with Gasteiger partial charge in [0.15, 0.2) is 0 Å². The molecule has 1 unspecified atom stereocenters. The fraction of sp³-hybridized carbons (Fsp3) is 0.438. The topological polar surface area (TPSA) is 29.9 Å². The molecule has 1 aromatic heterocycles. The maximum absolute atomic E-state index is 14.4. The lowest BCUT2D eigenvalue weighted by Crippen LogP contribution is -2.23. The summed E-state index contributed by atoms with van der Waals surface area (Å²) in [5.41, 5.74) is 4.56. The quantitative estimate of drug-likeness (QED) is 0.928. The first kappa shape index (κ1) is 14.7. The third-order valence-electron chi connectivity index (χ3n) is 3.59. The Bertz CT molecular complexity index is 593. The minimum absolute atomic E-state index is 0.164. The lowest BCUT2D eigenvalue weighted by molar-refractivity contribution is 0.529. The second-order valence-corrected chi connectivity index (χ2v) is 5.23. The molecule has 0 saturated heterocycles. The van der Waals surface area contributed by atoms with Crippen LogP contribution in [0.15, 0.2) is 18.2 Å². The smallest absolute Gasteiger partial charge is 0.128 e. The molecule has 1 N–H and O–H groups in total. The third-order valence-corrected chi connectivity index (χ3v) is 3.59. The van der Waals surface area contributed by atoms with Crippen molar-refractivity contribution in [3.63, 3.8) is 0 Å². The van der Waals surface area contributed by atoms with Crippen molar-refractivity contribution in [2.45, 2.75) is 40.3 Å². The van der Waals surface area contributed by atoms with E-state index in [2.05, 4.69) is 10.4 Å². The number of aryl methyl sites for hydroxylation is 4. The van der Waals surface area contributed by atoms with Crippen LogP contribution in [0, 0.1) is 26.6 Å². The van der Waals surface area contributed by atoms with Gasteiger partial charge in [-0.1, -0.05) is 6.07 Å². The summed E-state index contributed by atoms with van der Waals surface area (Å²) < 4.78 is 16.3. The number of hydrogen-bond acceptors (Lipinski definition) is 2. The molecule has 0 spiro atoms. The van der Waals surface area contributed by atoms with E-state index >= 15 is 0 Å². The molecule has 1 atom stereocenters. The standard InChI is InChI=1S/C16H22FN3/c1-6-20-14(9-12(4)19-20)16(18-5)15-11(3)7-10(2)8-13(15)17/h7-9,16,18H,6H2,1-5H3. The lowest BCUT2D eigenvalue weighted by atomic mass is 9.96. The molecule has 2 rings (SSSR count). The van der Waals surface area contributed by atoms with Crippen LogP contribution in [0.2, 0.25) is 0 Å². The lowest BCUT2D eigenvalue weighted by Gasteiger charge is -2.21. The minimum Gasteiger partial charge on any atom is -0.308 e. The second kappa shape index (κ2) is 5.75. The summed E-state index contributed by atoms with van der Waals surface area (Å²) in [6.45, 7) is 8.64. The van der Waals surface area contributed by atoms with E-state index in [1.165, 1.54) is 0 Å². The van der Waals surface area contributed by atoms with Crippen LogP contribution in [0.25, 0.3) is 0 Å². The van der Waals surface area contributed by atoms with Gasteiger partial charge in [0.05, 0.1) is 17.4 Å². The molecule has 20 heavy (non-hydrogen) atoms. The maximum atomic E-state index is 14.4. The number of nitrogens with zero attached hydrogens (tertiary/aromatic N) is 2. The van der Waals surface area contributed by atoms with Crippen molar-refractivity contribution in [1.82, 2.24) is 15.1 Å². The Morgan fingerprint density at radius 3 is 2.50 bits per heavy atom. The zero-order chi connectivity index (χ0) is 14.9. The van der Waals surface area contributed by atoms with Gasteiger partial charge < -0.3 is 5.32 Å². The van der Waals surface area contributed by atoms with Crippen LogP contribution < -0.4 is 5.32 Å². The fourth-order valence-corrected chi connectivity index (χ4v) is 2.78. The van der Waals surface area contributed by atoms with E-state index in [1.807, 2.05) is 51.6 Å². The highest BCUT2D eigenvalue weighted by molar-refractivity contribution is 5.38. The highest BCUT2D eigenvalue weighted by atomic mass is 19.1. The molecule has 4 heteroatoms. The Morgan fingerprint density at radius 1 is 1.25 bits per heavy atom. The zero-order valence-corrected chi connectivity index (χ0v) is 12.8. The minimum atomic E-state index is -0.184. The van der Waals surface area contributed by atoms with Crippen molar-refractivity contribution >= 4 is 0 Å². The van der Waals surface area contributed by atoms with Crippen molar-refractivity contribution in [2.24, 2.45) is 0 Å². The molecule has 0 saturated carbocycles. The van der Waals surface area contributed by atoms with Crippen LogP contribution in [0.5, 0.6) is 0 Å². The molecular weight excluding hydrogens is 253 g/mol. The van der Waals surface area contributed by atoms with Crippen LogP contribution in [0.4, 0.5) is 4.39 Å². The predicted octanol–water partition coefficient (Wildman–Crippen LogP) is 3.28. The Hall–Kier alpha value is -1.68. The van der Waals surface area contributed by atoms with Gasteiger partial charge in [-0.05, 0) is 58.0 Å². The van der Waals surface area contributed by atoms with Crippen molar-refractivity contribution in [3.05, 3.63) is 52.1 Å². The molecule has 0 aliphatic heterocycles. The Labute approximate surface area is 119 Å². The summed E-state index contributed by atoms with van der Waals surface area (Å²) in [5, 5.41) is 7.68. The van der Waals surface area contributed by atoms with E-state index in [0.29, 0.717) is 5.56 Å². The van der Waals surface area contributed by atoms with Gasteiger partial charge in [-0.15, -0.1) is 0 Å². The summed E-state index contributed by atoms with van der Waals surface area (Å²) in [7, 11) is 1.85. The Balaban J connectivity index is 2.58. The highest BCUT2D eigenvalue weighted by Crippen LogP contribution is 2.28. The number of aromatic nitrogens is 2. The Morgan fingerprint density at radius 2 is 1.95 bits per heavy atom. The third kappa shape index (κ3) is 2.61. The maximum Gasteiger partial charge on any atom is 0.128 e. The number of benzene rings is 1. The summed E-state index contributed by atoms with van der Waals surface area (Å²) in [4.78, 5) is 0. The van der Waals surface area contributed by atoms with E-state index in [0.717, 1.165) is 29.1 Å². The normalized spacial score (nSPS) is 12.7. The first-order chi connectivity index (χ1) is 9.47. The molecular formula is C16H22FN3. The summed E-state index contributed by atoms with van der Waals surface area (Å²) in [6.07, 6.45) is 0. The van der Waals surface area contributed by atoms with Gasteiger partial charge in [-0.2, -0.15) is 5.10 Å². The van der Waals surface area contributed by atoms with Crippen molar-refractivity contribution in [2.75, 3.05) is 7.05 Å². The number of halogens is 1. The van der Waals surface area contributed by atoms with Crippen LogP contribution in [0.3, 0.4) is 0 Å². The molecule has 3 nitrogen and oxygen atoms in total. The van der Waals surface area contributed by atoms with Crippen LogP contribution in [0.1, 0.15) is 41.0 Å². The van der Waals surface area contributed by atoms with Crippen LogP contribution >= 0.6 is 0 Å². The largest absolute Gasteiger partial charge is 0.308 e. The van der Waals surface area contributed by atoms with E-state index < -0.39 is 0 Å². The van der Waals surface area contributed by atoms with Crippen molar-refractivity contribution in [1.29, 1.82) is 0 Å². The molecule has 1 aromatic carbocycles. The number of nitrogens with one attached hydrogen (secondary N) is 1. The van der Waals surface area contributed by atoms with Crippen molar-refractivity contribution in [3.8, 4) is 0 Å². The average Bonchev–Trinajstić information content (AvgIpc) is 2.74. The van der Waals surface area contributed by atoms with Crippen molar-refractivity contribution < 1.29 is 4.39 Å². The van der Waals surface area contributed by atoms with Gasteiger partial charge >= 0.3 is 0 Å². The summed E-state index contributed by atoms with van der Waals surface area (Å²) >= 11 is 0. The fourth-order valence-electron chi connectivity index (χ4n) is 2.78. The molecule has 0 aliphatic carbocycles. The molecule has 0 bridgehead atoms. The van der Waals surface area contributed by atoms with Crippen LogP contribution in [-0.2, 0) is 6.54 Å². The first-order valence-corrected chi connectivity index (χ1v) is 6.96. The predicted molar refractivity (Wildman–Crippen MR) is 79.4 cm³/mol. The molecule has 0 aliphatic rings. The van der Waals surface area contributed by atoms with Gasteiger partial charge in [0.2, 0.25) is 0 Å². The zero-order valence-electron chi connectivity index (χ0n) is 12.8. The number of rotatable bonds is 4. The summed E-state index contributed by atoms with van der Waals surface area (Å²) in [5.74, 6) is -0.164. The Kier molecular flexibility index (Phi) is 4.23. The first-order valence-electron chi connectivity index (χ1n) is 6.96. The molecule has 2 aromatic rings. The molecule has 108 valence electrons. The monoisotopic (exact) mass is 275 g/mol. The van der Waals surface area contributed by atoms with Gasteiger partial charge in [-0.25, -0.2) is 4.39 Å². The molecule has 1 heterocycles. The SMILES string of the molecule is CCn1nc(C)cc1C(NC)c1c(C)cc(C)cc1F. The van der Waals surface area contributed by atoms with Crippen LogP contribution in [-0.4, -0.2) is 16.8 Å². The second-order valence-electron chi connectivity index (χ2n) is 5.23. The number of hydrogen-bond donors (Lipinski definition) is 1. The van der Waals surface area contributed by atoms with E-state index in [-0.39, 0.29) is 11.9 Å². The molecule has 0 radical (unpaired) electrons.